The van der Waals surface area contributed by atoms with Gasteiger partial charge in [-0.25, -0.2) is 0 Å². The molecule has 0 fully saturated rings. The minimum absolute atomic E-state index is 0.0967. The number of benzene rings is 2. The first-order chi connectivity index (χ1) is 11.8. The average molecular weight is 339 g/mol. The van der Waals surface area contributed by atoms with Gasteiger partial charge in [0.2, 0.25) is 5.91 Å². The Hall–Kier alpha value is -2.82. The summed E-state index contributed by atoms with van der Waals surface area (Å²) in [6, 6.07) is 13.0. The minimum atomic E-state index is -0.120. The molecule has 0 bridgehead atoms. The molecule has 25 heavy (non-hydrogen) atoms. The van der Waals surface area contributed by atoms with Gasteiger partial charge in [-0.1, -0.05) is 6.07 Å². The van der Waals surface area contributed by atoms with E-state index in [-0.39, 0.29) is 24.4 Å². The molecule has 2 rings (SSSR count). The second-order valence-corrected chi connectivity index (χ2v) is 6.41. The largest absolute Gasteiger partial charge is 0.376 e. The molecule has 2 amide bonds. The van der Waals surface area contributed by atoms with Crippen LogP contribution in [0, 0.1) is 13.8 Å². The Balaban J connectivity index is 1.87. The van der Waals surface area contributed by atoms with Gasteiger partial charge in [0.1, 0.15) is 0 Å². The molecule has 0 aromatic heterocycles. The normalized spacial score (nSPS) is 10.4. The summed E-state index contributed by atoms with van der Waals surface area (Å²) < 4.78 is 0. The van der Waals surface area contributed by atoms with E-state index >= 15 is 0 Å². The molecule has 0 radical (unpaired) electrons. The summed E-state index contributed by atoms with van der Waals surface area (Å²) in [5, 5.41) is 8.76. The van der Waals surface area contributed by atoms with Crippen LogP contribution in [0.4, 0.5) is 11.4 Å². The van der Waals surface area contributed by atoms with E-state index in [1.54, 1.807) is 24.3 Å². The highest BCUT2D eigenvalue weighted by atomic mass is 16.2. The third-order valence-electron chi connectivity index (χ3n) is 3.81. The maximum Gasteiger partial charge on any atom is 0.251 e. The Morgan fingerprint density at radius 3 is 2.16 bits per heavy atom. The number of carbonyl (C=O) groups excluding carboxylic acids is 2. The summed E-state index contributed by atoms with van der Waals surface area (Å²) >= 11 is 0. The smallest absolute Gasteiger partial charge is 0.251 e. The van der Waals surface area contributed by atoms with Crippen LogP contribution in [0.3, 0.4) is 0 Å². The lowest BCUT2D eigenvalue weighted by atomic mass is 10.1. The lowest BCUT2D eigenvalue weighted by Gasteiger charge is -2.11. The van der Waals surface area contributed by atoms with Crippen molar-refractivity contribution in [2.24, 2.45) is 0 Å². The SMILES string of the molecule is Cc1ccc(NC(=O)CNc2ccc(C(=O)NC(C)C)cc2)cc1C. The Morgan fingerprint density at radius 1 is 0.920 bits per heavy atom. The molecule has 0 saturated carbocycles. The van der Waals surface area contributed by atoms with Gasteiger partial charge in [0.15, 0.2) is 0 Å². The molecule has 0 spiro atoms. The minimum Gasteiger partial charge on any atom is -0.376 e. The molecule has 2 aromatic rings. The van der Waals surface area contributed by atoms with E-state index in [0.29, 0.717) is 5.56 Å². The van der Waals surface area contributed by atoms with Gasteiger partial charge < -0.3 is 16.0 Å². The number of rotatable bonds is 6. The van der Waals surface area contributed by atoms with Crippen molar-refractivity contribution < 1.29 is 9.59 Å². The van der Waals surface area contributed by atoms with E-state index in [2.05, 4.69) is 16.0 Å². The zero-order valence-electron chi connectivity index (χ0n) is 15.1. The molecule has 0 saturated heterocycles. The first-order valence-electron chi connectivity index (χ1n) is 8.37. The monoisotopic (exact) mass is 339 g/mol. The van der Waals surface area contributed by atoms with Gasteiger partial charge in [0.25, 0.3) is 5.91 Å². The molecular weight excluding hydrogens is 314 g/mol. The highest BCUT2D eigenvalue weighted by Gasteiger charge is 2.07. The predicted octanol–water partition coefficient (Wildman–Crippen LogP) is 3.49. The summed E-state index contributed by atoms with van der Waals surface area (Å²) in [5.74, 6) is -0.223. The number of hydrogen-bond acceptors (Lipinski definition) is 3. The standard InChI is InChI=1S/C20H25N3O2/c1-13(2)22-20(25)16-6-9-17(10-7-16)21-12-19(24)23-18-8-5-14(3)15(4)11-18/h5-11,13,21H,12H2,1-4H3,(H,22,25)(H,23,24). The van der Waals surface area contributed by atoms with Gasteiger partial charge >= 0.3 is 0 Å². The van der Waals surface area contributed by atoms with E-state index in [4.69, 9.17) is 0 Å². The number of aryl methyl sites for hydroxylation is 2. The van der Waals surface area contributed by atoms with E-state index in [1.165, 1.54) is 5.56 Å². The van der Waals surface area contributed by atoms with Crippen LogP contribution < -0.4 is 16.0 Å². The number of anilines is 2. The van der Waals surface area contributed by atoms with Crippen LogP contribution in [0.1, 0.15) is 35.3 Å². The average Bonchev–Trinajstić information content (AvgIpc) is 2.56. The second-order valence-electron chi connectivity index (χ2n) is 6.41. The topological polar surface area (TPSA) is 70.2 Å². The van der Waals surface area contributed by atoms with Crippen LogP contribution in [-0.2, 0) is 4.79 Å². The quantitative estimate of drug-likeness (QED) is 0.754. The third-order valence-corrected chi connectivity index (χ3v) is 3.81. The van der Waals surface area contributed by atoms with Gasteiger partial charge in [-0.15, -0.1) is 0 Å². The van der Waals surface area contributed by atoms with Crippen molar-refractivity contribution >= 4 is 23.2 Å². The van der Waals surface area contributed by atoms with Gasteiger partial charge in [-0.3, -0.25) is 9.59 Å². The fourth-order valence-electron chi connectivity index (χ4n) is 2.29. The Morgan fingerprint density at radius 2 is 1.56 bits per heavy atom. The summed E-state index contributed by atoms with van der Waals surface area (Å²) in [4.78, 5) is 23.9. The molecule has 0 aliphatic carbocycles. The van der Waals surface area contributed by atoms with Gasteiger partial charge in [-0.05, 0) is 75.2 Å². The molecule has 132 valence electrons. The van der Waals surface area contributed by atoms with Gasteiger partial charge in [0.05, 0.1) is 6.54 Å². The molecular formula is C20H25N3O2. The van der Waals surface area contributed by atoms with E-state index in [1.807, 2.05) is 45.9 Å². The van der Waals surface area contributed by atoms with Crippen LogP contribution in [-0.4, -0.2) is 24.4 Å². The van der Waals surface area contributed by atoms with Crippen LogP contribution in [0.5, 0.6) is 0 Å². The van der Waals surface area contributed by atoms with Crippen molar-refractivity contribution in [3.63, 3.8) is 0 Å². The molecule has 5 heteroatoms. The summed E-state index contributed by atoms with van der Waals surface area (Å²) in [5.41, 5.74) is 4.50. The highest BCUT2D eigenvalue weighted by molar-refractivity contribution is 5.95. The van der Waals surface area contributed by atoms with E-state index < -0.39 is 0 Å². The maximum absolute atomic E-state index is 12.0. The lowest BCUT2D eigenvalue weighted by molar-refractivity contribution is -0.114. The zero-order valence-corrected chi connectivity index (χ0v) is 15.1. The Labute approximate surface area is 148 Å². The fraction of sp³-hybridized carbons (Fsp3) is 0.300. The molecule has 0 aliphatic rings. The first-order valence-corrected chi connectivity index (χ1v) is 8.37. The lowest BCUT2D eigenvalue weighted by Crippen LogP contribution is -2.30. The third kappa shape index (κ3) is 5.64. The fourth-order valence-corrected chi connectivity index (χ4v) is 2.29. The first kappa shape index (κ1) is 18.5. The predicted molar refractivity (Wildman–Crippen MR) is 102 cm³/mol. The van der Waals surface area contributed by atoms with Crippen molar-refractivity contribution in [2.75, 3.05) is 17.2 Å². The molecule has 0 atom stereocenters. The number of carbonyl (C=O) groups is 2. The number of nitrogens with one attached hydrogen (secondary N) is 3. The second kappa shape index (κ2) is 8.33. The zero-order chi connectivity index (χ0) is 18.4. The Bertz CT molecular complexity index is 752. The van der Waals surface area contributed by atoms with Crippen LogP contribution in [0.2, 0.25) is 0 Å². The van der Waals surface area contributed by atoms with Crippen LogP contribution >= 0.6 is 0 Å². The van der Waals surface area contributed by atoms with Crippen molar-refractivity contribution in [3.8, 4) is 0 Å². The Kier molecular flexibility index (Phi) is 6.17. The molecule has 2 aromatic carbocycles. The van der Waals surface area contributed by atoms with E-state index in [0.717, 1.165) is 16.9 Å². The molecule has 0 unspecified atom stereocenters. The molecule has 0 heterocycles. The molecule has 5 nitrogen and oxygen atoms in total. The molecule has 3 N–H and O–H groups in total. The van der Waals surface area contributed by atoms with Crippen molar-refractivity contribution in [2.45, 2.75) is 33.7 Å². The summed E-state index contributed by atoms with van der Waals surface area (Å²) in [6.07, 6.45) is 0. The maximum atomic E-state index is 12.0. The van der Waals surface area contributed by atoms with Gasteiger partial charge in [-0.2, -0.15) is 0 Å². The summed E-state index contributed by atoms with van der Waals surface area (Å²) in [7, 11) is 0. The summed E-state index contributed by atoms with van der Waals surface area (Å²) in [6.45, 7) is 8.04. The van der Waals surface area contributed by atoms with Crippen LogP contribution in [0.25, 0.3) is 0 Å². The van der Waals surface area contributed by atoms with Gasteiger partial charge in [0, 0.05) is 23.0 Å². The molecule has 0 aliphatic heterocycles. The number of hydrogen-bond donors (Lipinski definition) is 3. The number of amides is 2. The van der Waals surface area contributed by atoms with Crippen LogP contribution in [0.15, 0.2) is 42.5 Å². The highest BCUT2D eigenvalue weighted by Crippen LogP contribution is 2.14. The van der Waals surface area contributed by atoms with Crippen molar-refractivity contribution in [3.05, 3.63) is 59.2 Å². The van der Waals surface area contributed by atoms with E-state index in [9.17, 15) is 9.59 Å². The van der Waals surface area contributed by atoms with Crippen molar-refractivity contribution in [1.29, 1.82) is 0 Å². The van der Waals surface area contributed by atoms with Crippen molar-refractivity contribution in [1.82, 2.24) is 5.32 Å².